The predicted octanol–water partition coefficient (Wildman–Crippen LogP) is 0.755. The lowest BCUT2D eigenvalue weighted by Crippen LogP contribution is -2.22. The molecule has 0 aliphatic carbocycles. The third kappa shape index (κ3) is 2.41. The minimum Gasteiger partial charge on any atom is -0.468 e. The fraction of sp³-hybridized carbons (Fsp3) is 0.308. The number of esters is 1. The smallest absolute Gasteiger partial charge is 0.327 e. The minimum atomic E-state index is -3.32. The summed E-state index contributed by atoms with van der Waals surface area (Å²) in [4.78, 5) is 11.8. The van der Waals surface area contributed by atoms with E-state index in [4.69, 9.17) is 5.73 Å². The van der Waals surface area contributed by atoms with Gasteiger partial charge in [0.05, 0.1) is 12.0 Å². The Hall–Kier alpha value is -1.86. The van der Waals surface area contributed by atoms with Crippen LogP contribution in [0.2, 0.25) is 0 Å². The molecule has 6 nitrogen and oxygen atoms in total. The van der Waals surface area contributed by atoms with Gasteiger partial charge in [0.25, 0.3) is 0 Å². The van der Waals surface area contributed by atoms with E-state index in [1.54, 1.807) is 23.9 Å². The van der Waals surface area contributed by atoms with E-state index in [0.717, 1.165) is 11.8 Å². The molecule has 0 saturated heterocycles. The van der Waals surface area contributed by atoms with Crippen molar-refractivity contribution in [2.45, 2.75) is 10.9 Å². The first kappa shape index (κ1) is 14.5. The molecule has 1 unspecified atom stereocenters. The number of aromatic nitrogens is 1. The maximum Gasteiger partial charge on any atom is 0.327 e. The Morgan fingerprint density at radius 2 is 2.05 bits per heavy atom. The molecule has 0 amide bonds. The Balaban J connectivity index is 2.70. The number of methoxy groups -OCH3 is 1. The highest BCUT2D eigenvalue weighted by Crippen LogP contribution is 2.28. The lowest BCUT2D eigenvalue weighted by Gasteiger charge is -2.08. The summed E-state index contributed by atoms with van der Waals surface area (Å²) in [6.07, 6.45) is 2.84. The largest absolute Gasteiger partial charge is 0.468 e. The second kappa shape index (κ2) is 4.92. The highest BCUT2D eigenvalue weighted by Gasteiger charge is 2.22. The molecule has 108 valence electrons. The molecule has 1 heterocycles. The van der Waals surface area contributed by atoms with Crippen LogP contribution in [-0.2, 0) is 26.4 Å². The number of hydrogen-bond donors (Lipinski definition) is 1. The molecule has 1 aromatic heterocycles. The van der Waals surface area contributed by atoms with Gasteiger partial charge in [-0.2, -0.15) is 0 Å². The number of hydrogen-bond acceptors (Lipinski definition) is 5. The quantitative estimate of drug-likeness (QED) is 0.844. The molecule has 20 heavy (non-hydrogen) atoms. The number of ether oxygens (including phenoxy) is 1. The predicted molar refractivity (Wildman–Crippen MR) is 75.0 cm³/mol. The molecule has 0 aliphatic rings. The number of aryl methyl sites for hydroxylation is 1. The lowest BCUT2D eigenvalue weighted by atomic mass is 10.1. The van der Waals surface area contributed by atoms with Crippen LogP contribution in [0.5, 0.6) is 0 Å². The van der Waals surface area contributed by atoms with Crippen LogP contribution >= 0.6 is 0 Å². The molecular formula is C13H16N2O4S. The summed E-state index contributed by atoms with van der Waals surface area (Å²) < 4.78 is 29.7. The molecule has 0 radical (unpaired) electrons. The lowest BCUT2D eigenvalue weighted by molar-refractivity contribution is -0.142. The topological polar surface area (TPSA) is 91.4 Å². The van der Waals surface area contributed by atoms with Gasteiger partial charge in [-0.15, -0.1) is 0 Å². The maximum absolute atomic E-state index is 11.6. The highest BCUT2D eigenvalue weighted by molar-refractivity contribution is 7.90. The summed E-state index contributed by atoms with van der Waals surface area (Å²) in [6.45, 7) is 0. The van der Waals surface area contributed by atoms with Crippen LogP contribution in [0.3, 0.4) is 0 Å². The van der Waals surface area contributed by atoms with Gasteiger partial charge >= 0.3 is 5.97 Å². The summed E-state index contributed by atoms with van der Waals surface area (Å²) in [5, 5.41) is 0.633. The molecule has 0 fully saturated rings. The van der Waals surface area contributed by atoms with Gasteiger partial charge in [0.15, 0.2) is 9.84 Å². The SMILES string of the molecule is COC(=O)C(N)c1cn(C)c2ccc(S(C)(=O)=O)cc12. The normalized spacial score (nSPS) is 13.4. The second-order valence-corrected chi connectivity index (χ2v) is 6.66. The first-order chi connectivity index (χ1) is 9.25. The number of fused-ring (bicyclic) bond motifs is 1. The number of nitrogens with two attached hydrogens (primary N) is 1. The van der Waals surface area contributed by atoms with Crippen LogP contribution in [0.1, 0.15) is 11.6 Å². The fourth-order valence-corrected chi connectivity index (χ4v) is 2.78. The van der Waals surface area contributed by atoms with E-state index < -0.39 is 21.8 Å². The summed E-state index contributed by atoms with van der Waals surface area (Å²) in [6, 6.07) is 3.81. The van der Waals surface area contributed by atoms with E-state index >= 15 is 0 Å². The van der Waals surface area contributed by atoms with Crippen LogP contribution in [0.25, 0.3) is 10.9 Å². The van der Waals surface area contributed by atoms with Gasteiger partial charge in [0.1, 0.15) is 6.04 Å². The average molecular weight is 296 g/mol. The summed E-state index contributed by atoms with van der Waals surface area (Å²) >= 11 is 0. The minimum absolute atomic E-state index is 0.189. The number of carbonyl (C=O) groups excluding carboxylic acids is 1. The van der Waals surface area contributed by atoms with Crippen molar-refractivity contribution in [2.75, 3.05) is 13.4 Å². The van der Waals surface area contributed by atoms with Crippen molar-refractivity contribution in [3.8, 4) is 0 Å². The third-order valence-electron chi connectivity index (χ3n) is 3.21. The Labute approximate surface area is 117 Å². The van der Waals surface area contributed by atoms with Crippen molar-refractivity contribution >= 4 is 26.7 Å². The molecule has 0 bridgehead atoms. The Bertz CT molecular complexity index is 777. The van der Waals surface area contributed by atoms with E-state index in [2.05, 4.69) is 4.74 Å². The fourth-order valence-electron chi connectivity index (χ4n) is 2.13. The molecule has 2 rings (SSSR count). The molecular weight excluding hydrogens is 280 g/mol. The molecule has 0 saturated carbocycles. The van der Waals surface area contributed by atoms with Crippen LogP contribution < -0.4 is 5.73 Å². The van der Waals surface area contributed by atoms with Crippen molar-refractivity contribution in [1.82, 2.24) is 4.57 Å². The average Bonchev–Trinajstić information content (AvgIpc) is 2.73. The number of sulfone groups is 1. The first-order valence-electron chi connectivity index (χ1n) is 5.88. The molecule has 1 atom stereocenters. The van der Waals surface area contributed by atoms with Crippen molar-refractivity contribution in [3.63, 3.8) is 0 Å². The van der Waals surface area contributed by atoms with Crippen molar-refractivity contribution in [2.24, 2.45) is 12.8 Å². The molecule has 2 aromatic rings. The number of nitrogens with zero attached hydrogens (tertiary/aromatic N) is 1. The number of benzene rings is 1. The molecule has 0 aliphatic heterocycles. The zero-order chi connectivity index (χ0) is 15.1. The first-order valence-corrected chi connectivity index (χ1v) is 7.77. The van der Waals surface area contributed by atoms with Gasteiger partial charge < -0.3 is 15.0 Å². The Morgan fingerprint density at radius 3 is 2.60 bits per heavy atom. The highest BCUT2D eigenvalue weighted by atomic mass is 32.2. The van der Waals surface area contributed by atoms with Gasteiger partial charge in [0, 0.05) is 36.0 Å². The van der Waals surface area contributed by atoms with Crippen molar-refractivity contribution < 1.29 is 17.9 Å². The molecule has 0 spiro atoms. The van der Waals surface area contributed by atoms with Crippen LogP contribution in [0.4, 0.5) is 0 Å². The van der Waals surface area contributed by atoms with Crippen molar-refractivity contribution in [3.05, 3.63) is 30.0 Å². The monoisotopic (exact) mass is 296 g/mol. The maximum atomic E-state index is 11.6. The zero-order valence-corrected chi connectivity index (χ0v) is 12.3. The summed E-state index contributed by atoms with van der Waals surface area (Å²) in [5.74, 6) is -0.567. The van der Waals surface area contributed by atoms with Gasteiger partial charge in [-0.1, -0.05) is 0 Å². The zero-order valence-electron chi connectivity index (χ0n) is 11.5. The number of carbonyl (C=O) groups is 1. The van der Waals surface area contributed by atoms with Gasteiger partial charge in [0.2, 0.25) is 0 Å². The van der Waals surface area contributed by atoms with E-state index in [0.29, 0.717) is 10.9 Å². The van der Waals surface area contributed by atoms with E-state index in [9.17, 15) is 13.2 Å². The van der Waals surface area contributed by atoms with Gasteiger partial charge in [-0.05, 0) is 18.2 Å². The van der Waals surface area contributed by atoms with Crippen LogP contribution in [0.15, 0.2) is 29.3 Å². The second-order valence-electron chi connectivity index (χ2n) is 4.65. The molecule has 7 heteroatoms. The summed E-state index contributed by atoms with van der Waals surface area (Å²) in [7, 11) is -0.259. The summed E-state index contributed by atoms with van der Waals surface area (Å²) in [5.41, 5.74) is 7.19. The van der Waals surface area contributed by atoms with Crippen molar-refractivity contribution in [1.29, 1.82) is 0 Å². The Kier molecular flexibility index (Phi) is 3.58. The van der Waals surface area contributed by atoms with E-state index in [1.165, 1.54) is 19.2 Å². The molecule has 1 aromatic carbocycles. The van der Waals surface area contributed by atoms with E-state index in [-0.39, 0.29) is 4.90 Å². The molecule has 2 N–H and O–H groups in total. The van der Waals surface area contributed by atoms with E-state index in [1.807, 2.05) is 0 Å². The standard InChI is InChI=1S/C13H16N2O4S/c1-15-7-10(12(14)13(16)19-2)9-6-8(20(3,17)18)4-5-11(9)15/h4-7,12H,14H2,1-3H3. The van der Waals surface area contributed by atoms with Crippen LogP contribution in [0, 0.1) is 0 Å². The number of rotatable bonds is 3. The third-order valence-corrected chi connectivity index (χ3v) is 4.32. The van der Waals surface area contributed by atoms with Gasteiger partial charge in [-0.25, -0.2) is 8.42 Å². The Morgan fingerprint density at radius 1 is 1.40 bits per heavy atom. The van der Waals surface area contributed by atoms with Crippen LogP contribution in [-0.4, -0.2) is 32.3 Å². The van der Waals surface area contributed by atoms with Gasteiger partial charge in [-0.3, -0.25) is 4.79 Å².